The molecule has 0 aromatic carbocycles. The third-order valence-electron chi connectivity index (χ3n) is 4.02. The van der Waals surface area contributed by atoms with E-state index in [-0.39, 0.29) is 0 Å². The second-order valence-corrected chi connectivity index (χ2v) is 5.25. The minimum atomic E-state index is 0.461. The molecule has 0 aliphatic heterocycles. The van der Waals surface area contributed by atoms with Crippen LogP contribution in [0.5, 0.6) is 0 Å². The maximum absolute atomic E-state index is 5.47. The van der Waals surface area contributed by atoms with Crippen LogP contribution in [-0.2, 0) is 6.42 Å². The molecule has 2 nitrogen and oxygen atoms in total. The van der Waals surface area contributed by atoms with Crippen molar-refractivity contribution in [3.63, 3.8) is 0 Å². The van der Waals surface area contributed by atoms with Gasteiger partial charge in [0.1, 0.15) is 5.76 Å². The highest BCUT2D eigenvalue weighted by molar-refractivity contribution is 5.04. The van der Waals surface area contributed by atoms with Crippen molar-refractivity contribution in [3.8, 4) is 0 Å². The van der Waals surface area contributed by atoms with Crippen molar-refractivity contribution in [2.24, 2.45) is 5.41 Å². The van der Waals surface area contributed by atoms with Crippen LogP contribution in [0.3, 0.4) is 0 Å². The van der Waals surface area contributed by atoms with Crippen molar-refractivity contribution < 1.29 is 4.42 Å². The molecule has 1 fully saturated rings. The lowest BCUT2D eigenvalue weighted by atomic mass is 9.78. The largest absolute Gasteiger partial charge is 0.469 e. The summed E-state index contributed by atoms with van der Waals surface area (Å²) in [6, 6.07) is 4.63. The Hall–Kier alpha value is -0.760. The van der Waals surface area contributed by atoms with E-state index < -0.39 is 0 Å². The van der Waals surface area contributed by atoms with Crippen LogP contribution in [0.25, 0.3) is 0 Å². The molecule has 16 heavy (non-hydrogen) atoms. The van der Waals surface area contributed by atoms with Gasteiger partial charge >= 0.3 is 0 Å². The molecular formula is C14H23NO. The highest BCUT2D eigenvalue weighted by Gasteiger charge is 2.36. The maximum atomic E-state index is 5.47. The van der Waals surface area contributed by atoms with Gasteiger partial charge in [0.2, 0.25) is 0 Å². The van der Waals surface area contributed by atoms with E-state index >= 15 is 0 Å². The Morgan fingerprint density at radius 3 is 2.75 bits per heavy atom. The highest BCUT2D eigenvalue weighted by Crippen LogP contribution is 2.41. The van der Waals surface area contributed by atoms with Crippen LogP contribution in [-0.4, -0.2) is 12.6 Å². The lowest BCUT2D eigenvalue weighted by molar-refractivity contribution is 0.214. The van der Waals surface area contributed by atoms with E-state index in [1.54, 1.807) is 6.26 Å². The van der Waals surface area contributed by atoms with Gasteiger partial charge in [-0.25, -0.2) is 0 Å². The quantitative estimate of drug-likeness (QED) is 0.824. The van der Waals surface area contributed by atoms with Crippen LogP contribution in [0.2, 0.25) is 0 Å². The minimum absolute atomic E-state index is 0.461. The second-order valence-electron chi connectivity index (χ2n) is 5.25. The first kappa shape index (κ1) is 11.7. The van der Waals surface area contributed by atoms with Gasteiger partial charge in [-0.05, 0) is 36.9 Å². The fraction of sp³-hybridized carbons (Fsp3) is 0.714. The molecule has 1 saturated carbocycles. The Bertz CT molecular complexity index is 299. The van der Waals surface area contributed by atoms with Gasteiger partial charge in [0.25, 0.3) is 0 Å². The Labute approximate surface area is 98.4 Å². The molecule has 0 saturated heterocycles. The molecule has 1 atom stereocenters. The molecule has 0 radical (unpaired) electrons. The molecule has 1 aliphatic carbocycles. The topological polar surface area (TPSA) is 25.2 Å². The van der Waals surface area contributed by atoms with Gasteiger partial charge in [0.05, 0.1) is 6.26 Å². The van der Waals surface area contributed by atoms with Crippen molar-refractivity contribution in [3.05, 3.63) is 24.2 Å². The van der Waals surface area contributed by atoms with E-state index in [1.165, 1.54) is 25.7 Å². The van der Waals surface area contributed by atoms with Crippen LogP contribution in [0.4, 0.5) is 0 Å². The summed E-state index contributed by atoms with van der Waals surface area (Å²) in [7, 11) is 0. The molecule has 1 aromatic rings. The number of hydrogen-bond acceptors (Lipinski definition) is 2. The first-order valence-corrected chi connectivity index (χ1v) is 6.50. The third-order valence-corrected chi connectivity index (χ3v) is 4.02. The van der Waals surface area contributed by atoms with E-state index in [2.05, 4.69) is 25.2 Å². The Morgan fingerprint density at radius 2 is 2.19 bits per heavy atom. The van der Waals surface area contributed by atoms with E-state index in [9.17, 15) is 0 Å². The Morgan fingerprint density at radius 1 is 1.44 bits per heavy atom. The monoisotopic (exact) mass is 221 g/mol. The summed E-state index contributed by atoms with van der Waals surface area (Å²) >= 11 is 0. The van der Waals surface area contributed by atoms with Gasteiger partial charge in [-0.2, -0.15) is 0 Å². The summed E-state index contributed by atoms with van der Waals surface area (Å²) in [5.41, 5.74) is 0.461. The first-order chi connectivity index (χ1) is 7.74. The van der Waals surface area contributed by atoms with Gasteiger partial charge in [0, 0.05) is 12.5 Å². The maximum Gasteiger partial charge on any atom is 0.105 e. The fourth-order valence-corrected chi connectivity index (χ4v) is 2.97. The molecule has 1 unspecified atom stereocenters. The van der Waals surface area contributed by atoms with E-state index in [1.807, 2.05) is 6.07 Å². The molecule has 0 spiro atoms. The predicted octanol–water partition coefficient (Wildman–Crippen LogP) is 3.38. The SMILES string of the molecule is CCNC(Cc1ccco1)C1(C)CCCC1. The second kappa shape index (κ2) is 5.05. The molecule has 1 aliphatic rings. The van der Waals surface area contributed by atoms with E-state index in [0.717, 1.165) is 18.7 Å². The molecule has 0 amide bonds. The lowest BCUT2D eigenvalue weighted by Crippen LogP contribution is -2.43. The van der Waals surface area contributed by atoms with E-state index in [4.69, 9.17) is 4.42 Å². The summed E-state index contributed by atoms with van der Waals surface area (Å²) in [4.78, 5) is 0. The van der Waals surface area contributed by atoms with E-state index in [0.29, 0.717) is 11.5 Å². The average Bonchev–Trinajstić information content (AvgIpc) is 2.89. The van der Waals surface area contributed by atoms with Crippen LogP contribution < -0.4 is 5.32 Å². The fourth-order valence-electron chi connectivity index (χ4n) is 2.97. The Kier molecular flexibility index (Phi) is 3.70. The molecule has 1 heterocycles. The molecule has 90 valence electrons. The molecular weight excluding hydrogens is 198 g/mol. The lowest BCUT2D eigenvalue weighted by Gasteiger charge is -2.34. The van der Waals surface area contributed by atoms with Crippen LogP contribution in [0, 0.1) is 5.41 Å². The van der Waals surface area contributed by atoms with Gasteiger partial charge < -0.3 is 9.73 Å². The van der Waals surface area contributed by atoms with Gasteiger partial charge in [-0.1, -0.05) is 26.7 Å². The summed E-state index contributed by atoms with van der Waals surface area (Å²) in [6.07, 6.45) is 8.27. The standard InChI is InChI=1S/C14H23NO/c1-3-15-13(11-12-7-6-10-16-12)14(2)8-4-5-9-14/h6-7,10,13,15H,3-5,8-9,11H2,1-2H3. The minimum Gasteiger partial charge on any atom is -0.469 e. The summed E-state index contributed by atoms with van der Waals surface area (Å²) in [5, 5.41) is 3.64. The third kappa shape index (κ3) is 2.49. The van der Waals surface area contributed by atoms with Gasteiger partial charge in [-0.15, -0.1) is 0 Å². The first-order valence-electron chi connectivity index (χ1n) is 6.50. The number of furan rings is 1. The van der Waals surface area contributed by atoms with Crippen molar-refractivity contribution >= 4 is 0 Å². The van der Waals surface area contributed by atoms with Gasteiger partial charge in [0.15, 0.2) is 0 Å². The van der Waals surface area contributed by atoms with Crippen LogP contribution in [0.15, 0.2) is 22.8 Å². The van der Waals surface area contributed by atoms with Crippen molar-refractivity contribution in [2.75, 3.05) is 6.54 Å². The normalized spacial score (nSPS) is 21.1. The average molecular weight is 221 g/mol. The zero-order valence-electron chi connectivity index (χ0n) is 10.5. The zero-order chi connectivity index (χ0) is 11.4. The summed E-state index contributed by atoms with van der Waals surface area (Å²) in [6.45, 7) is 5.66. The Balaban J connectivity index is 2.04. The van der Waals surface area contributed by atoms with Crippen LogP contribution >= 0.6 is 0 Å². The molecule has 1 N–H and O–H groups in total. The molecule has 0 bridgehead atoms. The van der Waals surface area contributed by atoms with Crippen molar-refractivity contribution in [2.45, 2.75) is 52.0 Å². The highest BCUT2D eigenvalue weighted by atomic mass is 16.3. The zero-order valence-corrected chi connectivity index (χ0v) is 10.5. The van der Waals surface area contributed by atoms with Crippen molar-refractivity contribution in [1.82, 2.24) is 5.32 Å². The summed E-state index contributed by atoms with van der Waals surface area (Å²) in [5.74, 6) is 1.11. The number of likely N-dealkylation sites (N-methyl/N-ethyl adjacent to an activating group) is 1. The smallest absolute Gasteiger partial charge is 0.105 e. The number of rotatable bonds is 5. The predicted molar refractivity (Wildman–Crippen MR) is 66.5 cm³/mol. The van der Waals surface area contributed by atoms with Crippen LogP contribution in [0.1, 0.15) is 45.3 Å². The van der Waals surface area contributed by atoms with Gasteiger partial charge in [-0.3, -0.25) is 0 Å². The molecule has 2 heteroatoms. The molecule has 2 rings (SSSR count). The number of hydrogen-bond donors (Lipinski definition) is 1. The molecule has 1 aromatic heterocycles. The van der Waals surface area contributed by atoms with Crippen molar-refractivity contribution in [1.29, 1.82) is 0 Å². The number of nitrogens with one attached hydrogen (secondary N) is 1. The summed E-state index contributed by atoms with van der Waals surface area (Å²) < 4.78 is 5.47.